The van der Waals surface area contributed by atoms with Gasteiger partial charge in [-0.1, -0.05) is 233 Å². The van der Waals surface area contributed by atoms with Gasteiger partial charge in [0.2, 0.25) is 0 Å². The minimum absolute atomic E-state index is 0.00137. The zero-order valence-electron chi connectivity index (χ0n) is 48.0. The van der Waals surface area contributed by atoms with Crippen LogP contribution in [-0.2, 0) is 23.8 Å². The number of carbonyl (C=O) groups is 3. The van der Waals surface area contributed by atoms with Crippen molar-refractivity contribution in [2.45, 2.75) is 303 Å². The van der Waals surface area contributed by atoms with Crippen LogP contribution in [0.5, 0.6) is 0 Å². The van der Waals surface area contributed by atoms with Gasteiger partial charge in [0.15, 0.2) is 0 Å². The molecular weight excluding hydrogens is 871 g/mol. The molecule has 9 heteroatoms. The second-order valence-corrected chi connectivity index (χ2v) is 21.8. The normalized spacial score (nSPS) is 11.8. The minimum Gasteiger partial charge on any atom is -0.465 e. The first-order chi connectivity index (χ1) is 34.2. The first-order valence-corrected chi connectivity index (χ1v) is 30.8. The van der Waals surface area contributed by atoms with Crippen LogP contribution in [0, 0.1) is 11.8 Å². The molecule has 0 saturated carbocycles. The Labute approximate surface area is 436 Å². The fraction of sp³-hybridized carbons (Fsp3) is 0.951. The molecule has 0 bridgehead atoms. The Balaban J connectivity index is 5.23. The van der Waals surface area contributed by atoms with Gasteiger partial charge in [-0.2, -0.15) is 0 Å². The maximum absolute atomic E-state index is 13.5. The van der Waals surface area contributed by atoms with E-state index in [0.717, 1.165) is 96.7 Å². The Morgan fingerprint density at radius 3 is 0.986 bits per heavy atom. The van der Waals surface area contributed by atoms with Crippen LogP contribution in [0.3, 0.4) is 0 Å². The summed E-state index contributed by atoms with van der Waals surface area (Å²) in [6.45, 7) is 13.1. The molecule has 0 rings (SSSR count). The van der Waals surface area contributed by atoms with Crippen LogP contribution in [0.4, 0.5) is 4.79 Å². The van der Waals surface area contributed by atoms with Gasteiger partial charge in [-0.25, -0.2) is 4.79 Å². The first kappa shape index (κ1) is 68.1. The molecular formula is C61H121N3O6. The number of alkyl carbamates (subject to hydrolysis) is 1. The smallest absolute Gasteiger partial charge is 0.407 e. The Morgan fingerprint density at radius 1 is 0.371 bits per heavy atom. The van der Waals surface area contributed by atoms with Crippen LogP contribution in [0.25, 0.3) is 0 Å². The van der Waals surface area contributed by atoms with Gasteiger partial charge in [0, 0.05) is 26.2 Å². The van der Waals surface area contributed by atoms with Crippen molar-refractivity contribution in [3.63, 3.8) is 0 Å². The molecule has 0 atom stereocenters. The molecule has 0 aliphatic rings. The maximum Gasteiger partial charge on any atom is 0.407 e. The number of unbranched alkanes of at least 4 members (excludes halogenated alkanes) is 30. The second-order valence-electron chi connectivity index (χ2n) is 21.8. The molecule has 0 aromatic heterocycles. The molecule has 0 aromatic rings. The SMILES string of the molecule is CCCCCCCCCCC(CCCCCCCCCC)C(=O)OCCCCC(CCCCOC(=O)C(CCCCCCCCCC)CCCCCCCCCC)OC(=O)NCCN(C)CCN(C)C. The first-order valence-electron chi connectivity index (χ1n) is 30.8. The summed E-state index contributed by atoms with van der Waals surface area (Å²) in [5, 5.41) is 2.98. The molecule has 0 unspecified atom stereocenters. The van der Waals surface area contributed by atoms with E-state index in [0.29, 0.717) is 32.6 Å². The molecule has 0 aromatic carbocycles. The third kappa shape index (κ3) is 47.2. The number of rotatable bonds is 55. The van der Waals surface area contributed by atoms with Crippen molar-refractivity contribution in [1.29, 1.82) is 0 Å². The number of nitrogens with one attached hydrogen (secondary N) is 1. The fourth-order valence-electron chi connectivity index (χ4n) is 9.67. The number of amides is 1. The van der Waals surface area contributed by atoms with Crippen LogP contribution in [-0.4, -0.2) is 94.5 Å². The van der Waals surface area contributed by atoms with E-state index in [9.17, 15) is 14.4 Å². The number of hydrogen-bond donors (Lipinski definition) is 1. The van der Waals surface area contributed by atoms with Crippen molar-refractivity contribution in [2.24, 2.45) is 11.8 Å². The van der Waals surface area contributed by atoms with E-state index >= 15 is 0 Å². The Kier molecular flexibility index (Phi) is 52.0. The van der Waals surface area contributed by atoms with Gasteiger partial charge in [0.05, 0.1) is 25.0 Å². The van der Waals surface area contributed by atoms with Crippen molar-refractivity contribution < 1.29 is 28.6 Å². The number of nitrogens with zero attached hydrogens (tertiary/aromatic N) is 2. The fourth-order valence-corrected chi connectivity index (χ4v) is 9.67. The van der Waals surface area contributed by atoms with Crippen molar-refractivity contribution in [2.75, 3.05) is 60.5 Å². The van der Waals surface area contributed by atoms with Crippen molar-refractivity contribution in [1.82, 2.24) is 15.1 Å². The average Bonchev–Trinajstić information content (AvgIpc) is 3.34. The monoisotopic (exact) mass is 992 g/mol. The van der Waals surface area contributed by atoms with Crippen molar-refractivity contribution in [3.8, 4) is 0 Å². The third-order valence-corrected chi connectivity index (χ3v) is 14.6. The summed E-state index contributed by atoms with van der Waals surface area (Å²) in [5.74, 6) is -0.0232. The molecule has 0 saturated heterocycles. The molecule has 0 spiro atoms. The lowest BCUT2D eigenvalue weighted by molar-refractivity contribution is -0.150. The summed E-state index contributed by atoms with van der Waals surface area (Å²) in [4.78, 5) is 44.4. The summed E-state index contributed by atoms with van der Waals surface area (Å²) >= 11 is 0. The zero-order valence-corrected chi connectivity index (χ0v) is 48.0. The number of ether oxygens (including phenoxy) is 3. The van der Waals surface area contributed by atoms with E-state index in [1.54, 1.807) is 0 Å². The number of hydrogen-bond acceptors (Lipinski definition) is 8. The molecule has 1 amide bonds. The molecule has 9 nitrogen and oxygen atoms in total. The van der Waals surface area contributed by atoms with E-state index in [4.69, 9.17) is 14.2 Å². The highest BCUT2D eigenvalue weighted by Crippen LogP contribution is 2.24. The summed E-state index contributed by atoms with van der Waals surface area (Å²) in [5.41, 5.74) is 0. The highest BCUT2D eigenvalue weighted by atomic mass is 16.6. The van der Waals surface area contributed by atoms with Crippen molar-refractivity contribution >= 4 is 18.0 Å². The van der Waals surface area contributed by atoms with Gasteiger partial charge < -0.3 is 29.3 Å². The summed E-state index contributed by atoms with van der Waals surface area (Å²) in [6, 6.07) is 0. The lowest BCUT2D eigenvalue weighted by Crippen LogP contribution is -2.37. The van der Waals surface area contributed by atoms with E-state index in [1.165, 1.54) is 180 Å². The van der Waals surface area contributed by atoms with Gasteiger partial charge >= 0.3 is 18.0 Å². The molecule has 1 N–H and O–H groups in total. The largest absolute Gasteiger partial charge is 0.465 e. The second kappa shape index (κ2) is 53.4. The van der Waals surface area contributed by atoms with Gasteiger partial charge in [0.1, 0.15) is 6.10 Å². The highest BCUT2D eigenvalue weighted by molar-refractivity contribution is 5.72. The lowest BCUT2D eigenvalue weighted by atomic mass is 9.94. The van der Waals surface area contributed by atoms with E-state index in [2.05, 4.69) is 64.0 Å². The summed E-state index contributed by atoms with van der Waals surface area (Å²) < 4.78 is 18.0. The Bertz CT molecular complexity index is 1020. The van der Waals surface area contributed by atoms with Gasteiger partial charge in [0.25, 0.3) is 0 Å². The number of esters is 2. The Morgan fingerprint density at radius 2 is 0.671 bits per heavy atom. The number of likely N-dealkylation sites (N-methyl/N-ethyl adjacent to an activating group) is 2. The van der Waals surface area contributed by atoms with E-state index < -0.39 is 0 Å². The van der Waals surface area contributed by atoms with Gasteiger partial charge in [-0.05, 0) is 85.4 Å². The molecule has 0 fully saturated rings. The predicted molar refractivity (Wildman–Crippen MR) is 300 cm³/mol. The molecule has 0 heterocycles. The molecule has 70 heavy (non-hydrogen) atoms. The lowest BCUT2D eigenvalue weighted by Gasteiger charge is -2.21. The quantitative estimate of drug-likeness (QED) is 0.0366. The third-order valence-electron chi connectivity index (χ3n) is 14.6. The predicted octanol–water partition coefficient (Wildman–Crippen LogP) is 17.4. The minimum atomic E-state index is -0.376. The van der Waals surface area contributed by atoms with Gasteiger partial charge in [-0.3, -0.25) is 9.59 Å². The molecule has 0 aliphatic carbocycles. The van der Waals surface area contributed by atoms with Gasteiger partial charge in [-0.15, -0.1) is 0 Å². The topological polar surface area (TPSA) is 97.4 Å². The van der Waals surface area contributed by atoms with Crippen LogP contribution in [0.1, 0.15) is 297 Å². The summed E-state index contributed by atoms with van der Waals surface area (Å²) in [6.07, 6.45) is 48.4. The van der Waals surface area contributed by atoms with E-state index in [-0.39, 0.29) is 36.0 Å². The van der Waals surface area contributed by atoms with Crippen molar-refractivity contribution in [3.05, 3.63) is 0 Å². The van der Waals surface area contributed by atoms with Crippen LogP contribution >= 0.6 is 0 Å². The molecule has 416 valence electrons. The number of carbonyl (C=O) groups excluding carboxylic acids is 3. The summed E-state index contributed by atoms with van der Waals surface area (Å²) in [7, 11) is 6.21. The molecule has 0 radical (unpaired) electrons. The molecule has 0 aliphatic heterocycles. The van der Waals surface area contributed by atoms with Crippen LogP contribution in [0.15, 0.2) is 0 Å². The zero-order chi connectivity index (χ0) is 51.4. The average molecular weight is 993 g/mol. The van der Waals surface area contributed by atoms with Crippen LogP contribution < -0.4 is 5.32 Å². The van der Waals surface area contributed by atoms with Crippen LogP contribution in [0.2, 0.25) is 0 Å². The highest BCUT2D eigenvalue weighted by Gasteiger charge is 2.22. The standard InChI is InChI=1S/C61H121N3O6/c1-8-12-16-20-24-28-32-36-44-56(45-37-33-29-25-21-17-13-9-2)59(65)68-54-42-40-48-58(70-61(67)62-50-51-64(7)53-52-63(5)6)49-41-43-55-69-60(66)57(46-38-34-30-26-22-18-14-10-3)47-39-35-31-27-23-19-15-11-4/h56-58H,8-55H2,1-7H3,(H,62,67). The Hall–Kier alpha value is -1.87. The van der Waals surface area contributed by atoms with E-state index in [1.807, 2.05) is 0 Å². The maximum atomic E-state index is 13.5.